The van der Waals surface area contributed by atoms with Crippen LogP contribution in [0.5, 0.6) is 0 Å². The average Bonchev–Trinajstić information content (AvgIpc) is 2.52. The summed E-state index contributed by atoms with van der Waals surface area (Å²) >= 11 is 6.08. The van der Waals surface area contributed by atoms with E-state index in [1.165, 1.54) is 17.2 Å². The molecule has 1 radical (unpaired) electrons. The molecule has 0 N–H and O–H groups in total. The molecule has 1 unspecified atom stereocenters. The van der Waals surface area contributed by atoms with E-state index >= 15 is 0 Å². The number of rotatable bonds is 3. The molecule has 0 bridgehead atoms. The lowest BCUT2D eigenvalue weighted by atomic mass is 9.99. The van der Waals surface area contributed by atoms with Crippen molar-refractivity contribution in [2.45, 2.75) is 46.7 Å². The molecule has 1 aliphatic heterocycles. The van der Waals surface area contributed by atoms with Crippen LogP contribution in [-0.2, 0) is 0 Å². The molecule has 3 heteroatoms. The molecular formula is C15H22ClN2. The summed E-state index contributed by atoms with van der Waals surface area (Å²) in [7, 11) is 0. The Morgan fingerprint density at radius 2 is 2.11 bits per heavy atom. The van der Waals surface area contributed by atoms with Gasteiger partial charge in [0.25, 0.3) is 0 Å². The molecule has 1 aromatic heterocycles. The minimum atomic E-state index is 0.397. The van der Waals surface area contributed by atoms with Crippen molar-refractivity contribution in [2.75, 3.05) is 6.54 Å². The molecule has 2 nitrogen and oxygen atoms in total. The van der Waals surface area contributed by atoms with Crippen LogP contribution in [0.15, 0.2) is 12.3 Å². The minimum absolute atomic E-state index is 0.397. The zero-order valence-corrected chi connectivity index (χ0v) is 12.6. The van der Waals surface area contributed by atoms with Crippen LogP contribution in [0, 0.1) is 11.8 Å². The van der Waals surface area contributed by atoms with E-state index in [0.29, 0.717) is 18.0 Å². The Morgan fingerprint density at radius 3 is 2.67 bits per heavy atom. The smallest absolute Gasteiger partial charge is 0.0627 e. The van der Waals surface area contributed by atoms with E-state index in [2.05, 4.69) is 50.6 Å². The summed E-state index contributed by atoms with van der Waals surface area (Å²) in [5, 5.41) is 0.738. The zero-order valence-electron chi connectivity index (χ0n) is 11.9. The van der Waals surface area contributed by atoms with E-state index in [1.807, 2.05) is 0 Å². The first kappa shape index (κ1) is 13.8. The second-order valence-electron chi connectivity index (χ2n) is 5.87. The maximum absolute atomic E-state index is 6.08. The number of aromatic nitrogens is 1. The minimum Gasteiger partial charge on any atom is -0.287 e. The average molecular weight is 266 g/mol. The number of nitrogens with zero attached hydrogens (tertiary/aromatic N) is 2. The van der Waals surface area contributed by atoms with E-state index < -0.39 is 0 Å². The van der Waals surface area contributed by atoms with Gasteiger partial charge in [-0.1, -0.05) is 39.3 Å². The molecule has 0 aromatic carbocycles. The lowest BCUT2D eigenvalue weighted by Gasteiger charge is -2.32. The normalized spacial score (nSPS) is 24.0. The highest BCUT2D eigenvalue weighted by atomic mass is 35.5. The maximum Gasteiger partial charge on any atom is 0.0627 e. The standard InChI is InChI=1S/C15H22ClN2/c1-9(2)8-18-11(5)13-6-12(16)7-17-14(13)15(18)10(3)4/h6-7,10-11,15H,8H2,1-5H3/t11?,15-/m0/s1. The van der Waals surface area contributed by atoms with Gasteiger partial charge in [0.05, 0.1) is 16.8 Å². The number of halogens is 1. The van der Waals surface area contributed by atoms with E-state index in [1.54, 1.807) is 6.20 Å². The van der Waals surface area contributed by atoms with Gasteiger partial charge in [0.2, 0.25) is 0 Å². The Kier molecular flexibility index (Phi) is 3.98. The van der Waals surface area contributed by atoms with Gasteiger partial charge in [-0.05, 0) is 30.4 Å². The molecule has 0 aliphatic carbocycles. The third kappa shape index (κ3) is 2.41. The van der Waals surface area contributed by atoms with Crippen LogP contribution in [0.1, 0.15) is 58.0 Å². The summed E-state index contributed by atoms with van der Waals surface area (Å²) in [4.78, 5) is 7.12. The number of pyridine rings is 1. The van der Waals surface area contributed by atoms with Crippen molar-refractivity contribution >= 4 is 11.6 Å². The molecular weight excluding hydrogens is 244 g/mol. The van der Waals surface area contributed by atoms with Crippen molar-refractivity contribution in [1.29, 1.82) is 0 Å². The van der Waals surface area contributed by atoms with E-state index in [4.69, 9.17) is 11.6 Å². The predicted octanol–water partition coefficient (Wildman–Crippen LogP) is 4.42. The van der Waals surface area contributed by atoms with Gasteiger partial charge >= 0.3 is 0 Å². The molecule has 0 saturated carbocycles. The summed E-state index contributed by atoms with van der Waals surface area (Å²) < 4.78 is 0. The third-order valence-corrected chi connectivity index (χ3v) is 3.84. The number of fused-ring (bicyclic) bond motifs is 1. The van der Waals surface area contributed by atoms with Crippen molar-refractivity contribution in [3.63, 3.8) is 0 Å². The summed E-state index contributed by atoms with van der Waals surface area (Å²) in [5.74, 6) is 1.99. The molecule has 0 spiro atoms. The highest BCUT2D eigenvalue weighted by Gasteiger charge is 2.38. The van der Waals surface area contributed by atoms with Crippen molar-refractivity contribution in [3.05, 3.63) is 34.5 Å². The molecule has 18 heavy (non-hydrogen) atoms. The Bertz CT molecular complexity index is 429. The first-order valence-corrected chi connectivity index (χ1v) is 6.99. The van der Waals surface area contributed by atoms with Crippen LogP contribution in [0.4, 0.5) is 0 Å². The fraction of sp³-hybridized carbons (Fsp3) is 0.600. The van der Waals surface area contributed by atoms with E-state index in [-0.39, 0.29) is 0 Å². The van der Waals surface area contributed by atoms with Crippen LogP contribution in [0.2, 0.25) is 5.02 Å². The molecule has 99 valence electrons. The molecule has 0 saturated heterocycles. The number of hydrogen-bond donors (Lipinski definition) is 0. The highest BCUT2D eigenvalue weighted by molar-refractivity contribution is 6.30. The Morgan fingerprint density at radius 1 is 1.44 bits per heavy atom. The van der Waals surface area contributed by atoms with Crippen LogP contribution in [-0.4, -0.2) is 16.4 Å². The van der Waals surface area contributed by atoms with Gasteiger partial charge in [-0.15, -0.1) is 0 Å². The van der Waals surface area contributed by atoms with Gasteiger partial charge in [0.1, 0.15) is 0 Å². The third-order valence-electron chi connectivity index (χ3n) is 3.63. The molecule has 1 aromatic rings. The predicted molar refractivity (Wildman–Crippen MR) is 76.5 cm³/mol. The molecule has 0 fully saturated rings. The second kappa shape index (κ2) is 5.18. The Balaban J connectivity index is 2.41. The topological polar surface area (TPSA) is 16.1 Å². The fourth-order valence-corrected chi connectivity index (χ4v) is 3.09. The second-order valence-corrected chi connectivity index (χ2v) is 6.31. The largest absolute Gasteiger partial charge is 0.287 e. The van der Waals surface area contributed by atoms with Crippen LogP contribution in [0.25, 0.3) is 0 Å². The summed E-state index contributed by atoms with van der Waals surface area (Å²) in [6.45, 7) is 12.2. The van der Waals surface area contributed by atoms with Gasteiger partial charge < -0.3 is 0 Å². The van der Waals surface area contributed by atoms with Gasteiger partial charge in [-0.2, -0.15) is 0 Å². The van der Waals surface area contributed by atoms with E-state index in [9.17, 15) is 0 Å². The first-order chi connectivity index (χ1) is 8.41. The Labute approximate surface area is 115 Å². The van der Waals surface area contributed by atoms with Crippen molar-refractivity contribution in [1.82, 2.24) is 9.88 Å². The summed E-state index contributed by atoms with van der Waals surface area (Å²) in [5.41, 5.74) is 2.51. The fourth-order valence-electron chi connectivity index (χ4n) is 2.92. The molecule has 2 heterocycles. The van der Waals surface area contributed by atoms with Crippen LogP contribution < -0.4 is 0 Å². The van der Waals surface area contributed by atoms with Crippen LogP contribution >= 0.6 is 11.6 Å². The Hall–Kier alpha value is -0.600. The van der Waals surface area contributed by atoms with Crippen molar-refractivity contribution in [3.8, 4) is 0 Å². The van der Waals surface area contributed by atoms with Crippen LogP contribution in [0.3, 0.4) is 0 Å². The highest BCUT2D eigenvalue weighted by Crippen LogP contribution is 2.45. The summed E-state index contributed by atoms with van der Waals surface area (Å²) in [6, 6.07) is 2.88. The summed E-state index contributed by atoms with van der Waals surface area (Å²) in [6.07, 6.45) is 1.77. The van der Waals surface area contributed by atoms with Crippen molar-refractivity contribution < 1.29 is 0 Å². The lowest BCUT2D eigenvalue weighted by molar-refractivity contribution is 0.141. The van der Waals surface area contributed by atoms with Gasteiger partial charge in [-0.25, -0.2) is 0 Å². The van der Waals surface area contributed by atoms with Crippen molar-refractivity contribution in [2.24, 2.45) is 5.92 Å². The molecule has 1 aliphatic rings. The SMILES string of the molecule is C[C](C)CN1C(C)c2cc(Cl)cnc2[C@@H]1C(C)C. The van der Waals surface area contributed by atoms with Gasteiger partial charge in [0.15, 0.2) is 0 Å². The monoisotopic (exact) mass is 265 g/mol. The first-order valence-electron chi connectivity index (χ1n) is 6.62. The molecule has 2 rings (SSSR count). The van der Waals surface area contributed by atoms with Gasteiger partial charge in [0, 0.05) is 18.8 Å². The van der Waals surface area contributed by atoms with E-state index in [0.717, 1.165) is 11.6 Å². The maximum atomic E-state index is 6.08. The van der Waals surface area contributed by atoms with Gasteiger partial charge in [-0.3, -0.25) is 9.88 Å². The quantitative estimate of drug-likeness (QED) is 0.804. The lowest BCUT2D eigenvalue weighted by Crippen LogP contribution is -2.31. The zero-order chi connectivity index (χ0) is 13.4. The molecule has 0 amide bonds. The number of hydrogen-bond acceptors (Lipinski definition) is 2. The molecule has 2 atom stereocenters.